The first kappa shape index (κ1) is 16.1. The number of hydrogen-bond acceptors (Lipinski definition) is 4. The van der Waals surface area contributed by atoms with Crippen LogP contribution >= 0.6 is 0 Å². The van der Waals surface area contributed by atoms with Crippen molar-refractivity contribution in [2.75, 3.05) is 6.61 Å². The minimum atomic E-state index is -3.65. The minimum absolute atomic E-state index is 0.00733. The molecule has 0 aromatic heterocycles. The molecular formula is C13H22N2O3S. The molecule has 0 spiro atoms. The molecule has 0 bridgehead atoms. The van der Waals surface area contributed by atoms with E-state index < -0.39 is 10.0 Å². The molecule has 0 heterocycles. The van der Waals surface area contributed by atoms with E-state index in [9.17, 15) is 13.5 Å². The largest absolute Gasteiger partial charge is 0.395 e. The standard InChI is InChI=1S/C13H22N2O3S/c1-9(2)13(8-16)15-10(3)11-4-6-12(7-5-11)19(14,17)18/h4-7,9-10,13,15-16H,8H2,1-3H3,(H2,14,17,18)/t10?,13-/m1/s1. The maximum Gasteiger partial charge on any atom is 0.238 e. The van der Waals surface area contributed by atoms with Gasteiger partial charge in [0.15, 0.2) is 0 Å². The van der Waals surface area contributed by atoms with Crippen molar-refractivity contribution in [3.05, 3.63) is 29.8 Å². The zero-order valence-electron chi connectivity index (χ0n) is 11.5. The van der Waals surface area contributed by atoms with Crippen molar-refractivity contribution in [3.63, 3.8) is 0 Å². The van der Waals surface area contributed by atoms with E-state index in [1.165, 1.54) is 12.1 Å². The van der Waals surface area contributed by atoms with Gasteiger partial charge in [-0.1, -0.05) is 26.0 Å². The Kier molecular flexibility index (Phi) is 5.49. The van der Waals surface area contributed by atoms with Crippen molar-refractivity contribution in [1.82, 2.24) is 5.32 Å². The van der Waals surface area contributed by atoms with Gasteiger partial charge in [-0.2, -0.15) is 0 Å². The van der Waals surface area contributed by atoms with Crippen LogP contribution < -0.4 is 10.5 Å². The van der Waals surface area contributed by atoms with Crippen LogP contribution in [0.15, 0.2) is 29.2 Å². The van der Waals surface area contributed by atoms with Crippen molar-refractivity contribution in [3.8, 4) is 0 Å². The first-order valence-electron chi connectivity index (χ1n) is 6.25. The summed E-state index contributed by atoms with van der Waals surface area (Å²) >= 11 is 0. The van der Waals surface area contributed by atoms with Crippen molar-refractivity contribution in [2.24, 2.45) is 11.1 Å². The molecule has 6 heteroatoms. The lowest BCUT2D eigenvalue weighted by Crippen LogP contribution is -2.38. The Morgan fingerprint density at radius 2 is 1.74 bits per heavy atom. The molecule has 4 N–H and O–H groups in total. The second-order valence-electron chi connectivity index (χ2n) is 5.04. The SMILES string of the molecule is CC(N[C@H](CO)C(C)C)c1ccc(S(N)(=O)=O)cc1. The van der Waals surface area contributed by atoms with Crippen LogP contribution in [0.5, 0.6) is 0 Å². The third-order valence-corrected chi connectivity index (χ3v) is 4.10. The zero-order chi connectivity index (χ0) is 14.6. The summed E-state index contributed by atoms with van der Waals surface area (Å²) in [6, 6.07) is 6.47. The maximum absolute atomic E-state index is 11.2. The highest BCUT2D eigenvalue weighted by Gasteiger charge is 2.16. The van der Waals surface area contributed by atoms with Crippen molar-refractivity contribution in [2.45, 2.75) is 37.8 Å². The fraction of sp³-hybridized carbons (Fsp3) is 0.538. The summed E-state index contributed by atoms with van der Waals surface area (Å²) in [7, 11) is -3.65. The molecule has 0 aliphatic heterocycles. The number of aliphatic hydroxyl groups is 1. The van der Waals surface area contributed by atoms with Crippen molar-refractivity contribution >= 4 is 10.0 Å². The number of hydrogen-bond donors (Lipinski definition) is 3. The van der Waals surface area contributed by atoms with Crippen LogP contribution in [0.1, 0.15) is 32.4 Å². The van der Waals surface area contributed by atoms with Crippen LogP contribution in [0.4, 0.5) is 0 Å². The first-order valence-corrected chi connectivity index (χ1v) is 7.80. The molecule has 0 radical (unpaired) electrons. The molecule has 0 saturated carbocycles. The van der Waals surface area contributed by atoms with Gasteiger partial charge in [0.1, 0.15) is 0 Å². The number of nitrogens with two attached hydrogens (primary N) is 1. The quantitative estimate of drug-likeness (QED) is 0.727. The third-order valence-electron chi connectivity index (χ3n) is 3.17. The molecule has 1 aromatic rings. The summed E-state index contributed by atoms with van der Waals surface area (Å²) in [4.78, 5) is 0.103. The van der Waals surface area contributed by atoms with E-state index in [1.807, 2.05) is 20.8 Å². The molecule has 0 aliphatic rings. The van der Waals surface area contributed by atoms with Gasteiger partial charge in [0.05, 0.1) is 11.5 Å². The summed E-state index contributed by atoms with van der Waals surface area (Å²) in [6.45, 7) is 6.10. The van der Waals surface area contributed by atoms with Crippen LogP contribution in [-0.2, 0) is 10.0 Å². The normalized spacial score (nSPS) is 15.5. The number of primary sulfonamides is 1. The number of nitrogens with one attached hydrogen (secondary N) is 1. The molecule has 108 valence electrons. The molecule has 0 saturated heterocycles. The van der Waals surface area contributed by atoms with E-state index in [-0.39, 0.29) is 23.6 Å². The van der Waals surface area contributed by atoms with Gasteiger partial charge in [-0.05, 0) is 30.5 Å². The van der Waals surface area contributed by atoms with Gasteiger partial charge < -0.3 is 10.4 Å². The summed E-state index contributed by atoms with van der Waals surface area (Å²) in [6.07, 6.45) is 0. The van der Waals surface area contributed by atoms with E-state index >= 15 is 0 Å². The van der Waals surface area contributed by atoms with E-state index in [2.05, 4.69) is 5.32 Å². The Labute approximate surface area is 114 Å². The van der Waals surface area contributed by atoms with Gasteiger partial charge in [0.2, 0.25) is 10.0 Å². The highest BCUT2D eigenvalue weighted by atomic mass is 32.2. The van der Waals surface area contributed by atoms with Gasteiger partial charge in [0.25, 0.3) is 0 Å². The van der Waals surface area contributed by atoms with E-state index in [1.54, 1.807) is 12.1 Å². The molecule has 1 unspecified atom stereocenters. The summed E-state index contributed by atoms with van der Waals surface area (Å²) in [5.74, 6) is 0.316. The molecular weight excluding hydrogens is 264 g/mol. The van der Waals surface area contributed by atoms with Crippen LogP contribution in [0.2, 0.25) is 0 Å². The molecule has 0 amide bonds. The Balaban J connectivity index is 2.81. The average Bonchev–Trinajstić information content (AvgIpc) is 2.34. The predicted molar refractivity (Wildman–Crippen MR) is 75.1 cm³/mol. The van der Waals surface area contributed by atoms with E-state index in [4.69, 9.17) is 5.14 Å². The van der Waals surface area contributed by atoms with E-state index in [0.717, 1.165) is 5.56 Å². The average molecular weight is 286 g/mol. The molecule has 19 heavy (non-hydrogen) atoms. The first-order chi connectivity index (χ1) is 8.75. The molecule has 1 aromatic carbocycles. The second-order valence-corrected chi connectivity index (χ2v) is 6.60. The lowest BCUT2D eigenvalue weighted by atomic mass is 10.0. The number of benzene rings is 1. The molecule has 0 fully saturated rings. The topological polar surface area (TPSA) is 92.4 Å². The maximum atomic E-state index is 11.2. The van der Waals surface area contributed by atoms with Gasteiger partial charge >= 0.3 is 0 Å². The van der Waals surface area contributed by atoms with Gasteiger partial charge in [-0.25, -0.2) is 13.6 Å². The minimum Gasteiger partial charge on any atom is -0.395 e. The van der Waals surface area contributed by atoms with Gasteiger partial charge in [-0.3, -0.25) is 0 Å². The molecule has 1 rings (SSSR count). The third kappa shape index (κ3) is 4.58. The summed E-state index contributed by atoms with van der Waals surface area (Å²) < 4.78 is 22.3. The molecule has 2 atom stereocenters. The predicted octanol–water partition coefficient (Wildman–Crippen LogP) is 1.00. The number of rotatable bonds is 6. The van der Waals surface area contributed by atoms with Crippen molar-refractivity contribution in [1.29, 1.82) is 0 Å². The Hall–Kier alpha value is -0.950. The summed E-state index contributed by atoms with van der Waals surface area (Å²) in [5, 5.41) is 17.6. The van der Waals surface area contributed by atoms with E-state index in [0.29, 0.717) is 5.92 Å². The smallest absolute Gasteiger partial charge is 0.238 e. The monoisotopic (exact) mass is 286 g/mol. The fourth-order valence-corrected chi connectivity index (χ4v) is 2.33. The van der Waals surface area contributed by atoms with Crippen molar-refractivity contribution < 1.29 is 13.5 Å². The van der Waals surface area contributed by atoms with Crippen LogP contribution in [0.3, 0.4) is 0 Å². The lowest BCUT2D eigenvalue weighted by molar-refractivity contribution is 0.201. The lowest BCUT2D eigenvalue weighted by Gasteiger charge is -2.25. The van der Waals surface area contributed by atoms with Gasteiger partial charge in [0, 0.05) is 12.1 Å². The van der Waals surface area contributed by atoms with Crippen LogP contribution in [0.25, 0.3) is 0 Å². The highest BCUT2D eigenvalue weighted by Crippen LogP contribution is 2.17. The number of sulfonamides is 1. The number of aliphatic hydroxyl groups excluding tert-OH is 1. The second kappa shape index (κ2) is 6.47. The van der Waals surface area contributed by atoms with Crippen LogP contribution in [0, 0.1) is 5.92 Å². The Morgan fingerprint density at radius 3 is 2.11 bits per heavy atom. The van der Waals surface area contributed by atoms with Gasteiger partial charge in [-0.15, -0.1) is 0 Å². The van der Waals surface area contributed by atoms with Crippen LogP contribution in [-0.4, -0.2) is 26.2 Å². The molecule has 5 nitrogen and oxygen atoms in total. The highest BCUT2D eigenvalue weighted by molar-refractivity contribution is 7.89. The fourth-order valence-electron chi connectivity index (χ4n) is 1.82. The zero-order valence-corrected chi connectivity index (χ0v) is 12.3. The summed E-state index contributed by atoms with van der Waals surface area (Å²) in [5.41, 5.74) is 0.950. The Bertz CT molecular complexity index is 497. The molecule has 0 aliphatic carbocycles. The Morgan fingerprint density at radius 1 is 1.21 bits per heavy atom.